The number of nitrogens with one attached hydrogen (secondary N) is 2. The van der Waals surface area contributed by atoms with Crippen LogP contribution in [0.1, 0.15) is 69.3 Å². The molecule has 3 aliphatic carbocycles. The Morgan fingerprint density at radius 2 is 1.88 bits per heavy atom. The Balaban J connectivity index is 1.25. The van der Waals surface area contributed by atoms with Crippen molar-refractivity contribution >= 4 is 17.5 Å². The largest absolute Gasteiger partial charge is 0.496 e. The summed E-state index contributed by atoms with van der Waals surface area (Å²) in [4.78, 5) is 38.2. The van der Waals surface area contributed by atoms with Gasteiger partial charge in [0.2, 0.25) is 5.91 Å². The van der Waals surface area contributed by atoms with Crippen LogP contribution in [0.3, 0.4) is 0 Å². The zero-order chi connectivity index (χ0) is 36.6. The van der Waals surface area contributed by atoms with Crippen LogP contribution in [-0.4, -0.2) is 110 Å². The molecule has 280 valence electrons. The molecule has 2 aromatic rings. The monoisotopic (exact) mass is 705 g/mol. The molecule has 3 saturated carbocycles. The SMILES string of the molecule is COc1c(CN2O[C@@H](CO)[C@@H]([C@H](C)O)[C@H]2C(=O)N[C@H]2C[C@H]3C[C@@H]([C@@H]2C)C3(C)C)cccc1-c1cc(C(=O)NCCN2CCCC2)cc(N(C)C)c1. The summed E-state index contributed by atoms with van der Waals surface area (Å²) in [5.41, 5.74) is 4.13. The molecule has 2 heterocycles. The van der Waals surface area contributed by atoms with Crippen LogP contribution in [0.2, 0.25) is 0 Å². The minimum absolute atomic E-state index is 0.0485. The van der Waals surface area contributed by atoms with Gasteiger partial charge in [-0.2, -0.15) is 5.06 Å². The number of rotatable bonds is 13. The summed E-state index contributed by atoms with van der Waals surface area (Å²) in [6.45, 7) is 12.0. The third kappa shape index (κ3) is 7.51. The van der Waals surface area contributed by atoms with E-state index in [9.17, 15) is 19.8 Å². The van der Waals surface area contributed by atoms with E-state index >= 15 is 0 Å². The number of benzene rings is 2. The summed E-state index contributed by atoms with van der Waals surface area (Å²) < 4.78 is 6.06. The Morgan fingerprint density at radius 1 is 1.14 bits per heavy atom. The van der Waals surface area contributed by atoms with E-state index < -0.39 is 24.2 Å². The summed E-state index contributed by atoms with van der Waals surface area (Å²) in [6, 6.07) is 10.9. The number of para-hydroxylation sites is 1. The van der Waals surface area contributed by atoms with Crippen LogP contribution in [-0.2, 0) is 16.2 Å². The van der Waals surface area contributed by atoms with Crippen LogP contribution in [0.4, 0.5) is 5.69 Å². The molecular weight excluding hydrogens is 646 g/mol. The summed E-state index contributed by atoms with van der Waals surface area (Å²) in [7, 11) is 5.52. The second kappa shape index (κ2) is 15.4. The molecule has 2 bridgehead atoms. The van der Waals surface area contributed by atoms with E-state index in [1.807, 2.05) is 55.4 Å². The van der Waals surface area contributed by atoms with Crippen molar-refractivity contribution in [2.45, 2.75) is 84.2 Å². The smallest absolute Gasteiger partial charge is 0.251 e. The van der Waals surface area contributed by atoms with E-state index in [0.29, 0.717) is 41.0 Å². The van der Waals surface area contributed by atoms with Gasteiger partial charge in [0.15, 0.2) is 0 Å². The second-order valence-corrected chi connectivity index (χ2v) is 16.2. The van der Waals surface area contributed by atoms with Crippen molar-refractivity contribution in [2.24, 2.45) is 29.1 Å². The number of methoxy groups -OCH3 is 1. The average molecular weight is 706 g/mol. The van der Waals surface area contributed by atoms with Crippen molar-refractivity contribution in [3.05, 3.63) is 47.5 Å². The third-order valence-corrected chi connectivity index (χ3v) is 12.6. The maximum Gasteiger partial charge on any atom is 0.251 e. The summed E-state index contributed by atoms with van der Waals surface area (Å²) in [5, 5.41) is 29.3. The minimum atomic E-state index is -0.888. The first-order chi connectivity index (χ1) is 24.3. The van der Waals surface area contributed by atoms with E-state index in [2.05, 4.69) is 36.3 Å². The molecule has 2 saturated heterocycles. The number of aliphatic hydroxyl groups is 2. The molecule has 5 aliphatic rings. The minimum Gasteiger partial charge on any atom is -0.496 e. The lowest BCUT2D eigenvalue weighted by Gasteiger charge is -2.62. The molecule has 11 nitrogen and oxygen atoms in total. The van der Waals surface area contributed by atoms with Gasteiger partial charge in [0.25, 0.3) is 5.91 Å². The lowest BCUT2D eigenvalue weighted by atomic mass is 9.45. The standard InChI is InChI=1S/C40H59N5O6/c1-24-32-20-29(40(32,3)4)21-33(24)42-39(49)36-35(25(2)47)34(23-46)51-45(36)22-26-11-10-12-31(37(26)50-7)27-17-28(19-30(18-27)43(5)6)38(48)41-13-16-44-14-8-9-15-44/h10-12,17-19,24-25,29,32-36,46-47H,8-9,13-16,20-23H2,1-7H3,(H,41,48)(H,42,49)/t24-,25-,29+,32-,33-,34-,35+,36-/m0/s1. The predicted octanol–water partition coefficient (Wildman–Crippen LogP) is 3.91. The molecule has 8 atom stereocenters. The molecule has 4 N–H and O–H groups in total. The van der Waals surface area contributed by atoms with Crippen molar-refractivity contribution < 1.29 is 29.4 Å². The maximum atomic E-state index is 14.2. The molecular formula is C40H59N5O6. The van der Waals surface area contributed by atoms with Gasteiger partial charge in [-0.1, -0.05) is 39.0 Å². The second-order valence-electron chi connectivity index (χ2n) is 16.2. The molecule has 0 spiro atoms. The van der Waals surface area contributed by atoms with E-state index in [1.165, 1.54) is 19.3 Å². The number of hydrogen-bond donors (Lipinski definition) is 4. The third-order valence-electron chi connectivity index (χ3n) is 12.6. The quantitative estimate of drug-likeness (QED) is 0.246. The van der Waals surface area contributed by atoms with Crippen molar-refractivity contribution in [1.29, 1.82) is 0 Å². The number of carbonyl (C=O) groups is 2. The lowest BCUT2D eigenvalue weighted by Crippen LogP contribution is -2.62. The van der Waals surface area contributed by atoms with Gasteiger partial charge in [-0.3, -0.25) is 14.4 Å². The number of ether oxygens (including phenoxy) is 1. The van der Waals surface area contributed by atoms with Crippen molar-refractivity contribution in [3.8, 4) is 16.9 Å². The predicted molar refractivity (Wildman–Crippen MR) is 198 cm³/mol. The molecule has 0 radical (unpaired) electrons. The molecule has 2 aromatic carbocycles. The van der Waals surface area contributed by atoms with Crippen LogP contribution in [0.5, 0.6) is 5.75 Å². The maximum absolute atomic E-state index is 14.2. The average Bonchev–Trinajstić information content (AvgIpc) is 3.76. The number of fused-ring (bicyclic) bond motifs is 2. The number of nitrogens with zero attached hydrogens (tertiary/aromatic N) is 3. The molecule has 0 unspecified atom stereocenters. The van der Waals surface area contributed by atoms with Crippen LogP contribution in [0, 0.1) is 29.1 Å². The normalized spacial score (nSPS) is 29.3. The number of carbonyl (C=O) groups excluding carboxylic acids is 2. The van der Waals surface area contributed by atoms with E-state index in [0.717, 1.165) is 48.4 Å². The number of likely N-dealkylation sites (tertiary alicyclic amines) is 1. The highest BCUT2D eigenvalue weighted by molar-refractivity contribution is 5.97. The Kier molecular flexibility index (Phi) is 11.3. The molecule has 51 heavy (non-hydrogen) atoms. The highest BCUT2D eigenvalue weighted by Crippen LogP contribution is 2.61. The van der Waals surface area contributed by atoms with E-state index in [4.69, 9.17) is 9.57 Å². The first-order valence-corrected chi connectivity index (χ1v) is 18.9. The first kappa shape index (κ1) is 37.5. The van der Waals surface area contributed by atoms with Crippen LogP contribution < -0.4 is 20.3 Å². The fourth-order valence-corrected chi connectivity index (χ4v) is 9.42. The highest BCUT2D eigenvalue weighted by Gasteiger charge is 2.57. The van der Waals surface area contributed by atoms with Crippen LogP contribution in [0.25, 0.3) is 11.1 Å². The molecule has 2 amide bonds. The van der Waals surface area contributed by atoms with Crippen LogP contribution >= 0.6 is 0 Å². The number of aliphatic hydroxyl groups excluding tert-OH is 2. The zero-order valence-corrected chi connectivity index (χ0v) is 31.5. The Hall–Kier alpha value is -3.22. The fourth-order valence-electron chi connectivity index (χ4n) is 9.42. The molecule has 5 fully saturated rings. The fraction of sp³-hybridized carbons (Fsp3) is 0.650. The number of hydroxylamine groups is 2. The van der Waals surface area contributed by atoms with Gasteiger partial charge in [-0.15, -0.1) is 0 Å². The van der Waals surface area contributed by atoms with Gasteiger partial charge in [0.05, 0.1) is 26.4 Å². The molecule has 11 heteroatoms. The molecule has 0 aromatic heterocycles. The number of anilines is 1. The lowest BCUT2D eigenvalue weighted by molar-refractivity contribution is -0.183. The first-order valence-electron chi connectivity index (χ1n) is 18.9. The van der Waals surface area contributed by atoms with Gasteiger partial charge in [0, 0.05) is 61.5 Å². The Labute approximate surface area is 303 Å². The van der Waals surface area contributed by atoms with Crippen LogP contribution in [0.15, 0.2) is 36.4 Å². The Bertz CT molecular complexity index is 1560. The number of amides is 2. The van der Waals surface area contributed by atoms with Crippen molar-refractivity contribution in [1.82, 2.24) is 20.6 Å². The zero-order valence-electron chi connectivity index (χ0n) is 31.5. The summed E-state index contributed by atoms with van der Waals surface area (Å²) in [6.07, 6.45) is 2.94. The van der Waals surface area contributed by atoms with Gasteiger partial charge in [-0.25, -0.2) is 0 Å². The number of hydrogen-bond acceptors (Lipinski definition) is 9. The topological polar surface area (TPSA) is 127 Å². The summed E-state index contributed by atoms with van der Waals surface area (Å²) >= 11 is 0. The van der Waals surface area contributed by atoms with E-state index in [-0.39, 0.29) is 31.0 Å². The van der Waals surface area contributed by atoms with Crippen molar-refractivity contribution in [2.75, 3.05) is 58.9 Å². The van der Waals surface area contributed by atoms with Gasteiger partial charge in [0.1, 0.15) is 17.9 Å². The summed E-state index contributed by atoms with van der Waals surface area (Å²) in [5.74, 6) is 1.14. The Morgan fingerprint density at radius 3 is 2.51 bits per heavy atom. The molecule has 2 aliphatic heterocycles. The highest BCUT2D eigenvalue weighted by atomic mass is 16.7. The van der Waals surface area contributed by atoms with Gasteiger partial charge >= 0.3 is 0 Å². The van der Waals surface area contributed by atoms with E-state index in [1.54, 1.807) is 19.1 Å². The van der Waals surface area contributed by atoms with Crippen molar-refractivity contribution in [3.63, 3.8) is 0 Å². The molecule has 7 rings (SSSR count). The van der Waals surface area contributed by atoms with Gasteiger partial charge in [-0.05, 0) is 92.6 Å². The van der Waals surface area contributed by atoms with Gasteiger partial charge < -0.3 is 35.4 Å².